The maximum Gasteiger partial charge on any atom is 0.338 e. The van der Waals surface area contributed by atoms with E-state index in [0.29, 0.717) is 5.56 Å². The fourth-order valence-electron chi connectivity index (χ4n) is 1.78. The van der Waals surface area contributed by atoms with Crippen molar-refractivity contribution in [2.45, 2.75) is 25.5 Å². The number of hydrogen-bond donors (Lipinski definition) is 1. The number of halogens is 1. The topological polar surface area (TPSA) is 38.3 Å². The number of ether oxygens (including phenoxy) is 1. The SMILES string of the molecule is CC1NCCC1OC(=O)c1ccccc1.Cl. The maximum atomic E-state index is 11.7. The van der Waals surface area contributed by atoms with Crippen LogP contribution in [0, 0.1) is 0 Å². The molecule has 0 radical (unpaired) electrons. The standard InChI is InChI=1S/C12H15NO2.ClH/c1-9-11(7-8-13-9)15-12(14)10-5-3-2-4-6-10;/h2-6,9,11,13H,7-8H2,1H3;1H. The smallest absolute Gasteiger partial charge is 0.338 e. The first-order valence-corrected chi connectivity index (χ1v) is 5.27. The van der Waals surface area contributed by atoms with Crippen LogP contribution >= 0.6 is 12.4 Å². The van der Waals surface area contributed by atoms with Crippen LogP contribution in [0.3, 0.4) is 0 Å². The zero-order valence-corrected chi connectivity index (χ0v) is 10.00. The Bertz CT molecular complexity index is 342. The van der Waals surface area contributed by atoms with E-state index in [4.69, 9.17) is 4.74 Å². The number of esters is 1. The van der Waals surface area contributed by atoms with Gasteiger partial charge in [0.25, 0.3) is 0 Å². The Labute approximate surface area is 102 Å². The molecule has 88 valence electrons. The molecule has 4 heteroatoms. The van der Waals surface area contributed by atoms with E-state index >= 15 is 0 Å². The molecule has 0 amide bonds. The molecule has 3 nitrogen and oxygen atoms in total. The van der Waals surface area contributed by atoms with E-state index in [1.54, 1.807) is 12.1 Å². The minimum Gasteiger partial charge on any atom is -0.457 e. The molecule has 1 aromatic carbocycles. The van der Waals surface area contributed by atoms with Gasteiger partial charge in [-0.05, 0) is 32.0 Å². The molecule has 0 bridgehead atoms. The second kappa shape index (κ2) is 5.87. The second-order valence-electron chi connectivity index (χ2n) is 3.84. The van der Waals surface area contributed by atoms with E-state index in [-0.39, 0.29) is 30.5 Å². The summed E-state index contributed by atoms with van der Waals surface area (Å²) in [7, 11) is 0. The number of nitrogens with one attached hydrogen (secondary N) is 1. The van der Waals surface area contributed by atoms with Gasteiger partial charge in [0.1, 0.15) is 6.10 Å². The third kappa shape index (κ3) is 2.97. The third-order valence-electron chi connectivity index (χ3n) is 2.72. The quantitative estimate of drug-likeness (QED) is 0.805. The molecular weight excluding hydrogens is 226 g/mol. The van der Waals surface area contributed by atoms with Gasteiger partial charge in [-0.3, -0.25) is 0 Å². The van der Waals surface area contributed by atoms with E-state index < -0.39 is 0 Å². The first kappa shape index (κ1) is 13.0. The lowest BCUT2D eigenvalue weighted by Crippen LogP contribution is -2.30. The molecule has 2 rings (SSSR count). The van der Waals surface area contributed by atoms with Gasteiger partial charge in [0.15, 0.2) is 0 Å². The minimum absolute atomic E-state index is 0. The van der Waals surface area contributed by atoms with E-state index in [1.165, 1.54) is 0 Å². The number of benzene rings is 1. The Morgan fingerprint density at radius 2 is 2.06 bits per heavy atom. The van der Waals surface area contributed by atoms with Gasteiger partial charge in [-0.15, -0.1) is 12.4 Å². The normalized spacial score (nSPS) is 23.6. The van der Waals surface area contributed by atoms with Crippen LogP contribution in [0.5, 0.6) is 0 Å². The lowest BCUT2D eigenvalue weighted by atomic mass is 10.2. The monoisotopic (exact) mass is 241 g/mol. The lowest BCUT2D eigenvalue weighted by Gasteiger charge is -2.15. The average molecular weight is 242 g/mol. The summed E-state index contributed by atoms with van der Waals surface area (Å²) >= 11 is 0. The van der Waals surface area contributed by atoms with E-state index in [1.807, 2.05) is 25.1 Å². The first-order valence-electron chi connectivity index (χ1n) is 5.27. The summed E-state index contributed by atoms with van der Waals surface area (Å²) in [6.45, 7) is 2.96. The van der Waals surface area contributed by atoms with Gasteiger partial charge < -0.3 is 10.1 Å². The Morgan fingerprint density at radius 1 is 1.38 bits per heavy atom. The fourth-order valence-corrected chi connectivity index (χ4v) is 1.78. The largest absolute Gasteiger partial charge is 0.457 e. The summed E-state index contributed by atoms with van der Waals surface area (Å²) < 4.78 is 5.41. The first-order chi connectivity index (χ1) is 7.27. The predicted molar refractivity (Wildman–Crippen MR) is 65.0 cm³/mol. The van der Waals surface area contributed by atoms with Crippen molar-refractivity contribution in [2.24, 2.45) is 0 Å². The van der Waals surface area contributed by atoms with E-state index in [9.17, 15) is 4.79 Å². The van der Waals surface area contributed by atoms with Crippen molar-refractivity contribution in [3.63, 3.8) is 0 Å². The fraction of sp³-hybridized carbons (Fsp3) is 0.417. The molecule has 1 fully saturated rings. The van der Waals surface area contributed by atoms with Crippen LogP contribution in [0.1, 0.15) is 23.7 Å². The highest BCUT2D eigenvalue weighted by Gasteiger charge is 2.26. The van der Waals surface area contributed by atoms with Crippen molar-refractivity contribution >= 4 is 18.4 Å². The summed E-state index contributed by atoms with van der Waals surface area (Å²) in [6.07, 6.45) is 0.914. The highest BCUT2D eigenvalue weighted by molar-refractivity contribution is 5.89. The molecule has 1 heterocycles. The summed E-state index contributed by atoms with van der Waals surface area (Å²) in [4.78, 5) is 11.7. The Hall–Kier alpha value is -1.06. The van der Waals surface area contributed by atoms with Crippen LogP contribution in [-0.4, -0.2) is 24.7 Å². The molecule has 2 atom stereocenters. The zero-order chi connectivity index (χ0) is 10.7. The van der Waals surface area contributed by atoms with Gasteiger partial charge in [0.2, 0.25) is 0 Å². The van der Waals surface area contributed by atoms with Crippen LogP contribution in [0.25, 0.3) is 0 Å². The Kier molecular flexibility index (Phi) is 4.77. The molecular formula is C12H16ClNO2. The summed E-state index contributed by atoms with van der Waals surface area (Å²) in [5.74, 6) is -0.226. The van der Waals surface area contributed by atoms with Crippen molar-refractivity contribution < 1.29 is 9.53 Å². The van der Waals surface area contributed by atoms with E-state index in [2.05, 4.69) is 5.32 Å². The van der Waals surface area contributed by atoms with Crippen LogP contribution in [0.4, 0.5) is 0 Å². The van der Waals surface area contributed by atoms with Gasteiger partial charge in [0, 0.05) is 6.04 Å². The van der Waals surface area contributed by atoms with Crippen molar-refractivity contribution in [1.29, 1.82) is 0 Å². The van der Waals surface area contributed by atoms with Crippen LogP contribution < -0.4 is 5.32 Å². The molecule has 0 saturated carbocycles. The molecule has 1 saturated heterocycles. The highest BCUT2D eigenvalue weighted by atomic mass is 35.5. The van der Waals surface area contributed by atoms with Gasteiger partial charge in [-0.1, -0.05) is 18.2 Å². The van der Waals surface area contributed by atoms with Crippen molar-refractivity contribution in [2.75, 3.05) is 6.54 Å². The van der Waals surface area contributed by atoms with Gasteiger partial charge in [-0.2, -0.15) is 0 Å². The Balaban J connectivity index is 0.00000128. The van der Waals surface area contributed by atoms with E-state index in [0.717, 1.165) is 13.0 Å². The van der Waals surface area contributed by atoms with Gasteiger partial charge in [0.05, 0.1) is 5.56 Å². The van der Waals surface area contributed by atoms with Crippen LogP contribution in [0.15, 0.2) is 30.3 Å². The molecule has 0 spiro atoms. The Morgan fingerprint density at radius 3 is 2.62 bits per heavy atom. The minimum atomic E-state index is -0.226. The van der Waals surface area contributed by atoms with Crippen LogP contribution in [-0.2, 0) is 4.74 Å². The van der Waals surface area contributed by atoms with Crippen molar-refractivity contribution in [3.8, 4) is 0 Å². The summed E-state index contributed by atoms with van der Waals surface area (Å²) in [6, 6.07) is 9.37. The molecule has 1 aliphatic rings. The zero-order valence-electron chi connectivity index (χ0n) is 9.18. The maximum absolute atomic E-state index is 11.7. The summed E-state index contributed by atoms with van der Waals surface area (Å²) in [5, 5.41) is 3.25. The third-order valence-corrected chi connectivity index (χ3v) is 2.72. The number of carbonyl (C=O) groups is 1. The molecule has 1 N–H and O–H groups in total. The number of carbonyl (C=O) groups excluding carboxylic acids is 1. The van der Waals surface area contributed by atoms with Gasteiger partial charge >= 0.3 is 5.97 Å². The highest BCUT2D eigenvalue weighted by Crippen LogP contribution is 2.13. The molecule has 0 aliphatic carbocycles. The summed E-state index contributed by atoms with van der Waals surface area (Å²) in [5.41, 5.74) is 0.622. The molecule has 1 aromatic rings. The van der Waals surface area contributed by atoms with Crippen LogP contribution in [0.2, 0.25) is 0 Å². The van der Waals surface area contributed by atoms with Crippen molar-refractivity contribution in [3.05, 3.63) is 35.9 Å². The molecule has 16 heavy (non-hydrogen) atoms. The predicted octanol–water partition coefficient (Wildman–Crippen LogP) is 2.02. The number of hydrogen-bond acceptors (Lipinski definition) is 3. The van der Waals surface area contributed by atoms with Gasteiger partial charge in [-0.25, -0.2) is 4.79 Å². The second-order valence-corrected chi connectivity index (χ2v) is 3.84. The molecule has 2 unspecified atom stereocenters. The molecule has 1 aliphatic heterocycles. The molecule has 0 aromatic heterocycles. The average Bonchev–Trinajstić information content (AvgIpc) is 2.66. The lowest BCUT2D eigenvalue weighted by molar-refractivity contribution is 0.0286. The van der Waals surface area contributed by atoms with Crippen molar-refractivity contribution in [1.82, 2.24) is 5.32 Å². The number of rotatable bonds is 2.